The fourth-order valence-electron chi connectivity index (χ4n) is 2.57. The highest BCUT2D eigenvalue weighted by Gasteiger charge is 2.32. The summed E-state index contributed by atoms with van der Waals surface area (Å²) >= 11 is 0. The maximum absolute atomic E-state index is 12.2. The van der Waals surface area contributed by atoms with Gasteiger partial charge in [-0.15, -0.1) is 0 Å². The Hall–Kier alpha value is -0.610. The molecule has 0 aromatic heterocycles. The second-order valence-electron chi connectivity index (χ2n) is 5.75. The zero-order valence-corrected chi connectivity index (χ0v) is 10.9. The number of amides is 1. The van der Waals surface area contributed by atoms with Crippen LogP contribution in [0.15, 0.2) is 0 Å². The molecule has 2 saturated heterocycles. The zero-order valence-electron chi connectivity index (χ0n) is 10.9. The molecule has 0 saturated carbocycles. The maximum Gasteiger partial charge on any atom is 0.224 e. The van der Waals surface area contributed by atoms with Crippen molar-refractivity contribution < 1.29 is 9.53 Å². The molecule has 98 valence electrons. The zero-order chi connectivity index (χ0) is 12.3. The van der Waals surface area contributed by atoms with Gasteiger partial charge in [0, 0.05) is 31.3 Å². The van der Waals surface area contributed by atoms with E-state index in [0.29, 0.717) is 6.04 Å². The van der Waals surface area contributed by atoms with Crippen LogP contribution in [0.2, 0.25) is 0 Å². The van der Waals surface area contributed by atoms with E-state index in [-0.39, 0.29) is 17.4 Å². The molecule has 2 atom stereocenters. The van der Waals surface area contributed by atoms with E-state index in [4.69, 9.17) is 4.74 Å². The van der Waals surface area contributed by atoms with Crippen molar-refractivity contribution in [2.45, 2.75) is 51.1 Å². The fourth-order valence-corrected chi connectivity index (χ4v) is 2.57. The molecule has 1 amide bonds. The first-order chi connectivity index (χ1) is 8.09. The Morgan fingerprint density at radius 3 is 2.65 bits per heavy atom. The average Bonchev–Trinajstić information content (AvgIpc) is 2.30. The highest BCUT2D eigenvalue weighted by Crippen LogP contribution is 2.22. The lowest BCUT2D eigenvalue weighted by atomic mass is 9.89. The first-order valence-electron chi connectivity index (χ1n) is 6.72. The molecule has 2 heterocycles. The monoisotopic (exact) mass is 240 g/mol. The summed E-state index contributed by atoms with van der Waals surface area (Å²) in [6.07, 6.45) is 3.95. The molecular weight excluding hydrogens is 216 g/mol. The van der Waals surface area contributed by atoms with Crippen molar-refractivity contribution in [2.24, 2.45) is 5.92 Å². The van der Waals surface area contributed by atoms with Crippen molar-refractivity contribution in [1.82, 2.24) is 10.6 Å². The third kappa shape index (κ3) is 3.42. The van der Waals surface area contributed by atoms with Crippen LogP contribution in [0.25, 0.3) is 0 Å². The van der Waals surface area contributed by atoms with Gasteiger partial charge in [0.1, 0.15) is 0 Å². The van der Waals surface area contributed by atoms with Crippen LogP contribution in [0.4, 0.5) is 0 Å². The van der Waals surface area contributed by atoms with Crippen LogP contribution in [0.1, 0.15) is 39.5 Å². The number of ether oxygens (including phenoxy) is 1. The average molecular weight is 240 g/mol. The van der Waals surface area contributed by atoms with Crippen LogP contribution in [-0.2, 0) is 9.53 Å². The molecule has 2 N–H and O–H groups in total. The summed E-state index contributed by atoms with van der Waals surface area (Å²) in [5, 5.41) is 6.60. The number of carbonyl (C=O) groups is 1. The van der Waals surface area contributed by atoms with E-state index in [2.05, 4.69) is 24.5 Å². The molecule has 0 bridgehead atoms. The van der Waals surface area contributed by atoms with Gasteiger partial charge < -0.3 is 15.4 Å². The van der Waals surface area contributed by atoms with E-state index in [1.165, 1.54) is 0 Å². The predicted molar refractivity (Wildman–Crippen MR) is 66.8 cm³/mol. The fraction of sp³-hybridized carbons (Fsp3) is 0.923. The van der Waals surface area contributed by atoms with Crippen molar-refractivity contribution in [2.75, 3.05) is 19.8 Å². The molecule has 4 heteroatoms. The van der Waals surface area contributed by atoms with Crippen molar-refractivity contribution in [3.8, 4) is 0 Å². The smallest absolute Gasteiger partial charge is 0.224 e. The van der Waals surface area contributed by atoms with E-state index >= 15 is 0 Å². The molecule has 0 aromatic carbocycles. The normalized spacial score (nSPS) is 33.1. The molecule has 4 nitrogen and oxygen atoms in total. The molecule has 0 radical (unpaired) electrons. The molecule has 0 spiro atoms. The Morgan fingerprint density at radius 1 is 1.35 bits per heavy atom. The Labute approximate surface area is 103 Å². The Kier molecular flexibility index (Phi) is 4.05. The lowest BCUT2D eigenvalue weighted by Gasteiger charge is -2.36. The minimum Gasteiger partial charge on any atom is -0.381 e. The largest absolute Gasteiger partial charge is 0.381 e. The first kappa shape index (κ1) is 12.8. The Bertz CT molecular complexity index is 267. The maximum atomic E-state index is 12.2. The van der Waals surface area contributed by atoms with E-state index in [1.54, 1.807) is 0 Å². The molecule has 2 unspecified atom stereocenters. The third-order valence-corrected chi connectivity index (χ3v) is 4.05. The van der Waals surface area contributed by atoms with Crippen LogP contribution < -0.4 is 10.6 Å². The standard InChI is InChI=1S/C13H24N2O2/c1-10-3-4-11(9-14-10)12(16)15-13(2)5-7-17-8-6-13/h10-11,14H,3-9H2,1-2H3,(H,15,16). The van der Waals surface area contributed by atoms with Crippen LogP contribution >= 0.6 is 0 Å². The van der Waals surface area contributed by atoms with Gasteiger partial charge in [-0.05, 0) is 39.5 Å². The Morgan fingerprint density at radius 2 is 2.06 bits per heavy atom. The topological polar surface area (TPSA) is 50.4 Å². The molecule has 2 fully saturated rings. The van der Waals surface area contributed by atoms with Gasteiger partial charge in [-0.1, -0.05) is 0 Å². The van der Waals surface area contributed by atoms with E-state index in [9.17, 15) is 4.79 Å². The molecule has 2 aliphatic rings. The van der Waals surface area contributed by atoms with Gasteiger partial charge in [-0.2, -0.15) is 0 Å². The predicted octanol–water partition coefficient (Wildman–Crippen LogP) is 1.06. The molecule has 0 aliphatic carbocycles. The summed E-state index contributed by atoms with van der Waals surface area (Å²) in [7, 11) is 0. The summed E-state index contributed by atoms with van der Waals surface area (Å²) in [4.78, 5) is 12.2. The van der Waals surface area contributed by atoms with Crippen molar-refractivity contribution in [1.29, 1.82) is 0 Å². The van der Waals surface area contributed by atoms with Gasteiger partial charge in [0.2, 0.25) is 5.91 Å². The van der Waals surface area contributed by atoms with E-state index in [1.807, 2.05) is 0 Å². The van der Waals surface area contributed by atoms with Crippen molar-refractivity contribution in [3.63, 3.8) is 0 Å². The van der Waals surface area contributed by atoms with Crippen molar-refractivity contribution >= 4 is 5.91 Å². The van der Waals surface area contributed by atoms with Crippen LogP contribution in [0.5, 0.6) is 0 Å². The molecule has 0 aromatic rings. The van der Waals surface area contributed by atoms with Crippen molar-refractivity contribution in [3.05, 3.63) is 0 Å². The summed E-state index contributed by atoms with van der Waals surface area (Å²) in [5.74, 6) is 0.361. The molecule has 2 aliphatic heterocycles. The van der Waals surface area contributed by atoms with Gasteiger partial charge in [0.15, 0.2) is 0 Å². The van der Waals surface area contributed by atoms with Crippen LogP contribution in [-0.4, -0.2) is 37.2 Å². The van der Waals surface area contributed by atoms with Gasteiger partial charge in [-0.25, -0.2) is 0 Å². The second kappa shape index (κ2) is 5.36. The minimum absolute atomic E-state index is 0.0571. The molecule has 2 rings (SSSR count). The quantitative estimate of drug-likeness (QED) is 0.759. The first-order valence-corrected chi connectivity index (χ1v) is 6.72. The summed E-state index contributed by atoms with van der Waals surface area (Å²) in [6.45, 7) is 6.65. The summed E-state index contributed by atoms with van der Waals surface area (Å²) in [5.41, 5.74) is -0.0571. The summed E-state index contributed by atoms with van der Waals surface area (Å²) < 4.78 is 5.34. The summed E-state index contributed by atoms with van der Waals surface area (Å²) in [6, 6.07) is 0.553. The number of piperidine rings is 1. The number of hydrogen-bond acceptors (Lipinski definition) is 3. The van der Waals surface area contributed by atoms with Gasteiger partial charge in [0.25, 0.3) is 0 Å². The second-order valence-corrected chi connectivity index (χ2v) is 5.75. The minimum atomic E-state index is -0.0571. The number of carbonyl (C=O) groups excluding carboxylic acids is 1. The molecular formula is C13H24N2O2. The lowest BCUT2D eigenvalue weighted by molar-refractivity contribution is -0.128. The van der Waals surface area contributed by atoms with Gasteiger partial charge in [-0.3, -0.25) is 4.79 Å². The van der Waals surface area contributed by atoms with Crippen LogP contribution in [0.3, 0.4) is 0 Å². The van der Waals surface area contributed by atoms with Gasteiger partial charge in [0.05, 0.1) is 5.92 Å². The lowest BCUT2D eigenvalue weighted by Crippen LogP contribution is -2.53. The van der Waals surface area contributed by atoms with E-state index in [0.717, 1.165) is 45.4 Å². The number of hydrogen-bond donors (Lipinski definition) is 2. The van der Waals surface area contributed by atoms with Gasteiger partial charge >= 0.3 is 0 Å². The highest BCUT2D eigenvalue weighted by atomic mass is 16.5. The molecule has 17 heavy (non-hydrogen) atoms. The highest BCUT2D eigenvalue weighted by molar-refractivity contribution is 5.79. The van der Waals surface area contributed by atoms with Crippen LogP contribution in [0, 0.1) is 5.92 Å². The number of nitrogens with one attached hydrogen (secondary N) is 2. The van der Waals surface area contributed by atoms with E-state index < -0.39 is 0 Å². The third-order valence-electron chi connectivity index (χ3n) is 4.05. The number of rotatable bonds is 2. The Balaban J connectivity index is 1.83. The SMILES string of the molecule is CC1CCC(C(=O)NC2(C)CCOCC2)CN1.